The molecule has 0 aliphatic heterocycles. The molecular weight excluding hydrogens is 360 g/mol. The molecular formula is C14H19ClN2O6S. The van der Waals surface area contributed by atoms with Gasteiger partial charge in [0.25, 0.3) is 5.91 Å². The number of nitrogens with one attached hydrogen (secondary N) is 1. The zero-order chi connectivity index (χ0) is 18.5. The molecule has 8 nitrogen and oxygen atoms in total. The maximum absolute atomic E-state index is 12.5. The van der Waals surface area contributed by atoms with E-state index in [9.17, 15) is 23.1 Å². The van der Waals surface area contributed by atoms with Crippen molar-refractivity contribution < 1.29 is 27.9 Å². The van der Waals surface area contributed by atoms with E-state index in [-0.39, 0.29) is 28.0 Å². The number of benzene rings is 1. The molecule has 0 aliphatic rings. The number of halogens is 1. The fourth-order valence-electron chi connectivity index (χ4n) is 1.88. The summed E-state index contributed by atoms with van der Waals surface area (Å²) in [4.78, 5) is 21.7. The third kappa shape index (κ3) is 5.99. The van der Waals surface area contributed by atoms with Crippen LogP contribution in [0.1, 0.15) is 20.3 Å². The molecule has 1 aromatic rings. The Labute approximate surface area is 145 Å². The minimum atomic E-state index is -4.24. The average molecular weight is 379 g/mol. The molecule has 0 spiro atoms. The molecule has 0 saturated heterocycles. The number of amides is 1. The van der Waals surface area contributed by atoms with E-state index >= 15 is 0 Å². The second-order valence-electron chi connectivity index (χ2n) is 5.49. The smallest absolute Gasteiger partial charge is 0.321 e. The van der Waals surface area contributed by atoms with Crippen molar-refractivity contribution in [3.63, 3.8) is 0 Å². The van der Waals surface area contributed by atoms with Crippen LogP contribution >= 0.6 is 11.6 Å². The van der Waals surface area contributed by atoms with Crippen LogP contribution in [0.3, 0.4) is 0 Å². The van der Waals surface area contributed by atoms with E-state index in [1.807, 2.05) is 0 Å². The number of carboxylic acid groups (broad SMARTS) is 1. The summed E-state index contributed by atoms with van der Waals surface area (Å²) in [5.41, 5.74) is 4.97. The highest BCUT2D eigenvalue weighted by molar-refractivity contribution is 7.89. The standard InChI is InChI=1S/C14H19ClN2O6S/c1-8(2)5-10(14(19)20)17-24(21,22)12-6-9(15)3-4-11(12)23-7-13(16)18/h3-4,6,8,10,17H,5,7H2,1-2H3,(H2,16,18)(H,19,20)/t10-/m1/s1. The number of carbonyl (C=O) groups excluding carboxylic acids is 1. The highest BCUT2D eigenvalue weighted by Gasteiger charge is 2.28. The van der Waals surface area contributed by atoms with Gasteiger partial charge >= 0.3 is 5.97 Å². The van der Waals surface area contributed by atoms with Gasteiger partial charge in [0, 0.05) is 5.02 Å². The van der Waals surface area contributed by atoms with Gasteiger partial charge < -0.3 is 15.6 Å². The van der Waals surface area contributed by atoms with E-state index in [1.165, 1.54) is 12.1 Å². The van der Waals surface area contributed by atoms with Crippen molar-refractivity contribution in [2.24, 2.45) is 11.7 Å². The van der Waals surface area contributed by atoms with Gasteiger partial charge in [0.05, 0.1) is 0 Å². The number of nitrogens with two attached hydrogens (primary N) is 1. The summed E-state index contributed by atoms with van der Waals surface area (Å²) in [5, 5.41) is 9.30. The first-order chi connectivity index (χ1) is 11.0. The molecule has 0 aliphatic carbocycles. The highest BCUT2D eigenvalue weighted by Crippen LogP contribution is 2.27. The molecule has 10 heteroatoms. The second kappa shape index (κ2) is 8.32. The maximum atomic E-state index is 12.5. The van der Waals surface area contributed by atoms with Crippen LogP contribution in [0.15, 0.2) is 23.1 Å². The topological polar surface area (TPSA) is 136 Å². The molecule has 24 heavy (non-hydrogen) atoms. The monoisotopic (exact) mass is 378 g/mol. The quantitative estimate of drug-likeness (QED) is 0.586. The number of hydrogen-bond acceptors (Lipinski definition) is 5. The Morgan fingerprint density at radius 1 is 1.38 bits per heavy atom. The van der Waals surface area contributed by atoms with Gasteiger partial charge in [-0.25, -0.2) is 8.42 Å². The molecule has 0 unspecified atom stereocenters. The fraction of sp³-hybridized carbons (Fsp3) is 0.429. The number of aliphatic carboxylic acids is 1. The molecule has 0 aromatic heterocycles. The van der Waals surface area contributed by atoms with Crippen LogP contribution < -0.4 is 15.2 Å². The van der Waals surface area contributed by atoms with Crippen LogP contribution in [0.5, 0.6) is 5.75 Å². The Hall–Kier alpha value is -1.84. The Balaban J connectivity index is 3.18. The van der Waals surface area contributed by atoms with Crippen LogP contribution in [0, 0.1) is 5.92 Å². The van der Waals surface area contributed by atoms with Crippen molar-refractivity contribution in [1.29, 1.82) is 0 Å². The summed E-state index contributed by atoms with van der Waals surface area (Å²) in [6.07, 6.45) is 0.104. The molecule has 0 fully saturated rings. The van der Waals surface area contributed by atoms with Crippen molar-refractivity contribution in [2.75, 3.05) is 6.61 Å². The average Bonchev–Trinajstić information content (AvgIpc) is 2.44. The number of carbonyl (C=O) groups is 2. The normalized spacial score (nSPS) is 12.8. The molecule has 1 atom stereocenters. The molecule has 134 valence electrons. The van der Waals surface area contributed by atoms with Crippen molar-refractivity contribution >= 4 is 33.5 Å². The van der Waals surface area contributed by atoms with E-state index in [0.717, 1.165) is 6.07 Å². The van der Waals surface area contributed by atoms with Gasteiger partial charge in [-0.3, -0.25) is 9.59 Å². The lowest BCUT2D eigenvalue weighted by atomic mass is 10.1. The molecule has 0 saturated carbocycles. The molecule has 0 radical (unpaired) electrons. The molecule has 0 heterocycles. The third-order valence-electron chi connectivity index (χ3n) is 2.87. The zero-order valence-electron chi connectivity index (χ0n) is 13.2. The Morgan fingerprint density at radius 2 is 2.00 bits per heavy atom. The first kappa shape index (κ1) is 20.2. The minimum Gasteiger partial charge on any atom is -0.482 e. The van der Waals surface area contributed by atoms with Gasteiger partial charge in [0.1, 0.15) is 16.7 Å². The zero-order valence-corrected chi connectivity index (χ0v) is 14.7. The predicted octanol–water partition coefficient (Wildman–Crippen LogP) is 0.982. The lowest BCUT2D eigenvalue weighted by molar-refractivity contribution is -0.139. The fourth-order valence-corrected chi connectivity index (χ4v) is 3.49. The number of primary amides is 1. The van der Waals surface area contributed by atoms with Crippen molar-refractivity contribution in [3.05, 3.63) is 23.2 Å². The van der Waals surface area contributed by atoms with E-state index < -0.39 is 34.5 Å². The van der Waals surface area contributed by atoms with Gasteiger partial charge in [-0.15, -0.1) is 0 Å². The van der Waals surface area contributed by atoms with Crippen molar-refractivity contribution in [2.45, 2.75) is 31.2 Å². The van der Waals surface area contributed by atoms with E-state index in [0.29, 0.717) is 0 Å². The number of carboxylic acids is 1. The van der Waals surface area contributed by atoms with Gasteiger partial charge in [-0.1, -0.05) is 25.4 Å². The van der Waals surface area contributed by atoms with Crippen molar-refractivity contribution in [3.8, 4) is 5.75 Å². The summed E-state index contributed by atoms with van der Waals surface area (Å²) in [7, 11) is -4.24. The lowest BCUT2D eigenvalue weighted by Gasteiger charge is -2.18. The van der Waals surface area contributed by atoms with E-state index in [1.54, 1.807) is 13.8 Å². The number of ether oxygens (including phenoxy) is 1. The van der Waals surface area contributed by atoms with E-state index in [4.69, 9.17) is 22.1 Å². The van der Waals surface area contributed by atoms with Crippen LogP contribution in [0.25, 0.3) is 0 Å². The Kier molecular flexibility index (Phi) is 7.00. The summed E-state index contributed by atoms with van der Waals surface area (Å²) in [6, 6.07) is 2.43. The Morgan fingerprint density at radius 3 is 2.50 bits per heavy atom. The van der Waals surface area contributed by atoms with Crippen LogP contribution in [-0.2, 0) is 19.6 Å². The molecule has 4 N–H and O–H groups in total. The third-order valence-corrected chi connectivity index (χ3v) is 4.60. The van der Waals surface area contributed by atoms with Crippen LogP contribution in [0.2, 0.25) is 5.02 Å². The predicted molar refractivity (Wildman–Crippen MR) is 87.3 cm³/mol. The Bertz CT molecular complexity index is 720. The van der Waals surface area contributed by atoms with Gasteiger partial charge in [-0.05, 0) is 30.5 Å². The molecule has 1 rings (SSSR count). The van der Waals surface area contributed by atoms with Crippen molar-refractivity contribution in [1.82, 2.24) is 4.72 Å². The second-order valence-corrected chi connectivity index (χ2v) is 7.61. The molecule has 1 aromatic carbocycles. The highest BCUT2D eigenvalue weighted by atomic mass is 35.5. The van der Waals surface area contributed by atoms with Gasteiger partial charge in [0.2, 0.25) is 10.0 Å². The summed E-state index contributed by atoms with van der Waals surface area (Å²) in [5.74, 6) is -2.28. The lowest BCUT2D eigenvalue weighted by Crippen LogP contribution is -2.41. The summed E-state index contributed by atoms with van der Waals surface area (Å²) < 4.78 is 32.2. The van der Waals surface area contributed by atoms with Gasteiger partial charge in [-0.2, -0.15) is 4.72 Å². The number of hydrogen-bond donors (Lipinski definition) is 3. The molecule has 0 bridgehead atoms. The van der Waals surface area contributed by atoms with Crippen LogP contribution in [-0.4, -0.2) is 38.0 Å². The maximum Gasteiger partial charge on any atom is 0.321 e. The number of sulfonamides is 1. The largest absolute Gasteiger partial charge is 0.482 e. The van der Waals surface area contributed by atoms with E-state index in [2.05, 4.69) is 4.72 Å². The van der Waals surface area contributed by atoms with Gasteiger partial charge in [0.15, 0.2) is 6.61 Å². The summed E-state index contributed by atoms with van der Waals surface area (Å²) in [6.45, 7) is 3.01. The molecule has 1 amide bonds. The number of rotatable bonds is 9. The first-order valence-electron chi connectivity index (χ1n) is 6.98. The first-order valence-corrected chi connectivity index (χ1v) is 8.85. The van der Waals surface area contributed by atoms with Crippen LogP contribution in [0.4, 0.5) is 0 Å². The SMILES string of the molecule is CC(C)C[C@@H](NS(=O)(=O)c1cc(Cl)ccc1OCC(N)=O)C(=O)O. The minimum absolute atomic E-state index is 0.0428. The summed E-state index contributed by atoms with van der Waals surface area (Å²) >= 11 is 5.81.